The molecule has 86 valence electrons. The van der Waals surface area contributed by atoms with E-state index in [-0.39, 0.29) is 17.1 Å². The summed E-state index contributed by atoms with van der Waals surface area (Å²) in [5, 5.41) is 28.0. The van der Waals surface area contributed by atoms with Crippen molar-refractivity contribution in [1.82, 2.24) is 0 Å². The average Bonchev–Trinajstić information content (AvgIpc) is 2.70. The van der Waals surface area contributed by atoms with Crippen molar-refractivity contribution in [2.45, 2.75) is 9.79 Å². The molecule has 2 rings (SSSR count). The molecule has 0 saturated carbocycles. The van der Waals surface area contributed by atoms with Gasteiger partial charge in [0.15, 0.2) is 0 Å². The summed E-state index contributed by atoms with van der Waals surface area (Å²) in [6.45, 7) is 0. The van der Waals surface area contributed by atoms with Gasteiger partial charge in [0.1, 0.15) is 23.1 Å². The van der Waals surface area contributed by atoms with E-state index in [1.165, 1.54) is 12.1 Å². The van der Waals surface area contributed by atoms with Gasteiger partial charge in [-0.15, -0.1) is 0 Å². The Hall–Kier alpha value is -1.78. The lowest BCUT2D eigenvalue weighted by Gasteiger charge is -2.00. The first-order chi connectivity index (χ1) is 8.04. The molecule has 0 aliphatic carbocycles. The highest BCUT2D eigenvalue weighted by atomic mass is 32.2. The molecule has 0 fully saturated rings. The summed E-state index contributed by atoms with van der Waals surface area (Å²) in [6, 6.07) is 4.41. The molecule has 1 aromatic rings. The summed E-state index contributed by atoms with van der Waals surface area (Å²) >= 11 is 2.09. The molecule has 1 aliphatic heterocycles. The maximum Gasteiger partial charge on any atom is 0.261 e. The molecule has 0 spiro atoms. The topological polar surface area (TPSA) is 107 Å². The highest BCUT2D eigenvalue weighted by Crippen LogP contribution is 2.58. The van der Waals surface area contributed by atoms with E-state index >= 15 is 0 Å². The predicted molar refractivity (Wildman–Crippen MR) is 63.3 cm³/mol. The highest BCUT2D eigenvalue weighted by Gasteiger charge is 2.28. The van der Waals surface area contributed by atoms with E-state index in [1.54, 1.807) is 6.07 Å². The number of benzene rings is 1. The minimum Gasteiger partial charge on any atom is -0.507 e. The summed E-state index contributed by atoms with van der Waals surface area (Å²) in [5.41, 5.74) is 4.90. The molecular formula is C10H6N2O3S2. The number of hydrogen-bond donors (Lipinski definition) is 3. The number of amides is 1. The number of hydrogen-bond acceptors (Lipinski definition) is 6. The van der Waals surface area contributed by atoms with Gasteiger partial charge >= 0.3 is 0 Å². The average molecular weight is 266 g/mol. The summed E-state index contributed by atoms with van der Waals surface area (Å²) in [4.78, 5) is 11.9. The van der Waals surface area contributed by atoms with E-state index in [1.807, 2.05) is 0 Å². The van der Waals surface area contributed by atoms with Gasteiger partial charge in [-0.2, -0.15) is 5.26 Å². The van der Waals surface area contributed by atoms with Crippen molar-refractivity contribution in [3.8, 4) is 17.6 Å². The fourth-order valence-corrected chi connectivity index (χ4v) is 3.77. The van der Waals surface area contributed by atoms with E-state index in [2.05, 4.69) is 0 Å². The Kier molecular flexibility index (Phi) is 2.92. The van der Waals surface area contributed by atoms with Crippen LogP contribution in [0.4, 0.5) is 0 Å². The highest BCUT2D eigenvalue weighted by molar-refractivity contribution is 8.24. The predicted octanol–water partition coefficient (Wildman–Crippen LogP) is 1.52. The second-order valence-corrected chi connectivity index (χ2v) is 5.40. The van der Waals surface area contributed by atoms with Crippen LogP contribution >= 0.6 is 23.5 Å². The van der Waals surface area contributed by atoms with Crippen LogP contribution in [-0.2, 0) is 4.79 Å². The third kappa shape index (κ3) is 1.92. The normalized spacial score (nSPS) is 13.0. The Labute approximate surface area is 105 Å². The second kappa shape index (κ2) is 4.24. The molecule has 1 aliphatic rings. The van der Waals surface area contributed by atoms with Gasteiger partial charge in [0, 0.05) is 0 Å². The summed E-state index contributed by atoms with van der Waals surface area (Å²) in [7, 11) is 0. The van der Waals surface area contributed by atoms with Gasteiger partial charge in [0.05, 0.1) is 14.0 Å². The van der Waals surface area contributed by atoms with Crippen LogP contribution < -0.4 is 5.73 Å². The number of primary amides is 1. The van der Waals surface area contributed by atoms with Crippen LogP contribution in [0.1, 0.15) is 0 Å². The van der Waals surface area contributed by atoms with Crippen LogP contribution in [0.3, 0.4) is 0 Å². The second-order valence-electron chi connectivity index (χ2n) is 3.10. The van der Waals surface area contributed by atoms with Crippen molar-refractivity contribution in [2.75, 3.05) is 0 Å². The van der Waals surface area contributed by atoms with Crippen LogP contribution in [0.15, 0.2) is 31.7 Å². The van der Waals surface area contributed by atoms with Gasteiger partial charge in [-0.05, 0) is 12.1 Å². The third-order valence-corrected chi connectivity index (χ3v) is 4.67. The molecule has 4 N–H and O–H groups in total. The van der Waals surface area contributed by atoms with Crippen LogP contribution in [0.25, 0.3) is 0 Å². The van der Waals surface area contributed by atoms with Gasteiger partial charge in [0.2, 0.25) is 0 Å². The van der Waals surface area contributed by atoms with Gasteiger partial charge < -0.3 is 15.9 Å². The lowest BCUT2D eigenvalue weighted by Crippen LogP contribution is -2.13. The standard InChI is InChI=1S/C10H6N2O3S2/c11-3-4(9(12)15)10-16-7-5(13)1-2-6(14)8(7)17-10/h1-2,13-14H,(H2,12,15). The fourth-order valence-electron chi connectivity index (χ4n) is 1.25. The molecule has 1 heterocycles. The van der Waals surface area contributed by atoms with E-state index in [0.29, 0.717) is 14.0 Å². The molecule has 5 nitrogen and oxygen atoms in total. The Bertz CT molecular complexity index is 557. The molecule has 0 bridgehead atoms. The summed E-state index contributed by atoms with van der Waals surface area (Å²) in [6.07, 6.45) is 0. The van der Waals surface area contributed by atoms with Crippen molar-refractivity contribution in [3.05, 3.63) is 21.9 Å². The van der Waals surface area contributed by atoms with Crippen molar-refractivity contribution >= 4 is 29.4 Å². The minimum atomic E-state index is -0.825. The van der Waals surface area contributed by atoms with Gasteiger partial charge in [-0.3, -0.25) is 4.79 Å². The first kappa shape index (κ1) is 11.7. The van der Waals surface area contributed by atoms with Gasteiger partial charge in [-0.1, -0.05) is 23.5 Å². The smallest absolute Gasteiger partial charge is 0.261 e. The number of nitriles is 1. The van der Waals surface area contributed by atoms with Gasteiger partial charge in [0.25, 0.3) is 5.91 Å². The SMILES string of the molecule is N#CC(C(N)=O)=C1Sc2c(O)ccc(O)c2S1. The minimum absolute atomic E-state index is 0.00735. The number of phenolic OH excluding ortho intramolecular Hbond substituents is 2. The zero-order valence-electron chi connectivity index (χ0n) is 8.30. The number of thioether (sulfide) groups is 2. The molecule has 0 saturated heterocycles. The summed E-state index contributed by atoms with van der Waals surface area (Å²) in [5.74, 6) is -0.839. The monoisotopic (exact) mass is 266 g/mol. The Balaban J connectivity index is 2.54. The van der Waals surface area contributed by atoms with E-state index in [0.717, 1.165) is 23.5 Å². The van der Waals surface area contributed by atoms with Crippen molar-refractivity contribution < 1.29 is 15.0 Å². The zero-order chi connectivity index (χ0) is 12.6. The Morgan fingerprint density at radius 2 is 1.71 bits per heavy atom. The maximum atomic E-state index is 11.0. The van der Waals surface area contributed by atoms with E-state index in [4.69, 9.17) is 11.0 Å². The lowest BCUT2D eigenvalue weighted by atomic mass is 10.3. The van der Waals surface area contributed by atoms with Crippen molar-refractivity contribution in [2.24, 2.45) is 5.73 Å². The van der Waals surface area contributed by atoms with Gasteiger partial charge in [-0.25, -0.2) is 0 Å². The fraction of sp³-hybridized carbons (Fsp3) is 0. The third-order valence-electron chi connectivity index (χ3n) is 2.02. The maximum absolute atomic E-state index is 11.0. The number of fused-ring (bicyclic) bond motifs is 1. The van der Waals surface area contributed by atoms with Crippen molar-refractivity contribution in [1.29, 1.82) is 5.26 Å². The molecule has 17 heavy (non-hydrogen) atoms. The van der Waals surface area contributed by atoms with Crippen LogP contribution in [0, 0.1) is 11.3 Å². The Morgan fingerprint density at radius 1 is 1.24 bits per heavy atom. The number of nitrogens with zero attached hydrogens (tertiary/aromatic N) is 1. The first-order valence-electron chi connectivity index (χ1n) is 4.39. The van der Waals surface area contributed by atoms with Crippen molar-refractivity contribution in [3.63, 3.8) is 0 Å². The van der Waals surface area contributed by atoms with E-state index in [9.17, 15) is 15.0 Å². The number of rotatable bonds is 1. The number of carbonyl (C=O) groups excluding carboxylic acids is 1. The molecule has 1 amide bonds. The molecular weight excluding hydrogens is 260 g/mol. The quantitative estimate of drug-likeness (QED) is 0.404. The molecule has 0 unspecified atom stereocenters. The first-order valence-corrected chi connectivity index (χ1v) is 6.02. The molecule has 1 aromatic carbocycles. The molecule has 0 aromatic heterocycles. The number of carbonyl (C=O) groups is 1. The summed E-state index contributed by atoms with van der Waals surface area (Å²) < 4.78 is 0.367. The number of aromatic hydroxyl groups is 2. The van der Waals surface area contributed by atoms with Crippen LogP contribution in [-0.4, -0.2) is 16.1 Å². The number of nitrogens with two attached hydrogens (primary N) is 1. The largest absolute Gasteiger partial charge is 0.507 e. The van der Waals surface area contributed by atoms with E-state index < -0.39 is 5.91 Å². The molecule has 0 atom stereocenters. The molecule has 0 radical (unpaired) electrons. The Morgan fingerprint density at radius 3 is 2.06 bits per heavy atom. The van der Waals surface area contributed by atoms with Crippen LogP contribution in [0.5, 0.6) is 11.5 Å². The number of phenols is 2. The zero-order valence-corrected chi connectivity index (χ0v) is 9.93. The lowest BCUT2D eigenvalue weighted by molar-refractivity contribution is -0.114. The molecule has 7 heteroatoms. The van der Waals surface area contributed by atoms with Crippen LogP contribution in [0.2, 0.25) is 0 Å².